The first-order valence-corrected chi connectivity index (χ1v) is 39.9. The van der Waals surface area contributed by atoms with Gasteiger partial charge in [0.15, 0.2) is 0 Å². The minimum absolute atomic E-state index is 0.0555. The number of likely N-dealkylation sites (N-methyl/N-ethyl adjacent to an activating group) is 1. The molecule has 0 rings (SSSR count). The number of nitrogens with zero attached hydrogens (tertiary/aromatic N) is 1. The van der Waals surface area contributed by atoms with Gasteiger partial charge in [-0.15, -0.1) is 0 Å². The Morgan fingerprint density at radius 3 is 0.930 bits per heavy atom. The number of phosphoric acid groups is 1. The highest BCUT2D eigenvalue weighted by Crippen LogP contribution is 2.43. The predicted molar refractivity (Wildman–Crippen MR) is 378 cm³/mol. The van der Waals surface area contributed by atoms with Gasteiger partial charge >= 0.3 is 7.82 Å². The molecule has 0 fully saturated rings. The second-order valence-corrected chi connectivity index (χ2v) is 29.2. The second kappa shape index (κ2) is 68.1. The van der Waals surface area contributed by atoms with Crippen molar-refractivity contribution in [2.45, 2.75) is 411 Å². The monoisotopic (exact) mass is 1230 g/mol. The highest BCUT2D eigenvalue weighted by Gasteiger charge is 2.28. The van der Waals surface area contributed by atoms with E-state index in [1.54, 1.807) is 6.08 Å². The van der Waals surface area contributed by atoms with Crippen molar-refractivity contribution >= 4 is 13.7 Å². The molecule has 3 N–H and O–H groups in total. The molecule has 0 aromatic heterocycles. The Morgan fingerprint density at radius 1 is 0.384 bits per heavy atom. The third kappa shape index (κ3) is 70.2. The van der Waals surface area contributed by atoms with Crippen molar-refractivity contribution in [1.29, 1.82) is 0 Å². The lowest BCUT2D eigenvalue weighted by Crippen LogP contribution is -2.45. The number of allylic oxidation sites excluding steroid dienone is 5. The van der Waals surface area contributed by atoms with E-state index in [-0.39, 0.29) is 19.1 Å². The summed E-state index contributed by atoms with van der Waals surface area (Å²) < 4.78 is 23.8. The normalized spacial score (nSPS) is 13.7. The molecule has 0 spiro atoms. The molecule has 8 nitrogen and oxygen atoms in total. The van der Waals surface area contributed by atoms with Crippen LogP contribution in [0, 0.1) is 0 Å². The zero-order valence-corrected chi connectivity index (χ0v) is 59.5. The van der Waals surface area contributed by atoms with Gasteiger partial charge in [0, 0.05) is 6.42 Å². The van der Waals surface area contributed by atoms with Crippen LogP contribution in [0.4, 0.5) is 0 Å². The fourth-order valence-corrected chi connectivity index (χ4v) is 12.6. The number of hydrogen-bond acceptors (Lipinski definition) is 5. The Labute approximate surface area is 537 Å². The summed E-state index contributed by atoms with van der Waals surface area (Å²) in [5, 5.41) is 14.0. The number of phosphoric ester groups is 1. The quantitative estimate of drug-likeness (QED) is 0.0243. The third-order valence-corrected chi connectivity index (χ3v) is 18.8. The number of nitrogens with one attached hydrogen (secondary N) is 1. The number of hydrogen-bond donors (Lipinski definition) is 3. The van der Waals surface area contributed by atoms with Gasteiger partial charge in [0.1, 0.15) is 13.2 Å². The molecule has 0 radical (unpaired) electrons. The van der Waals surface area contributed by atoms with Crippen molar-refractivity contribution < 1.29 is 32.9 Å². The summed E-state index contributed by atoms with van der Waals surface area (Å²) in [6, 6.07) is -0.870. The van der Waals surface area contributed by atoms with Crippen LogP contribution in [0.25, 0.3) is 0 Å². The van der Waals surface area contributed by atoms with E-state index in [0.29, 0.717) is 17.4 Å². The molecule has 0 aliphatic carbocycles. The van der Waals surface area contributed by atoms with E-state index >= 15 is 0 Å². The van der Waals surface area contributed by atoms with Crippen molar-refractivity contribution in [2.75, 3.05) is 40.9 Å². The SMILES string of the molecule is CCCCCCCCCCCCCCCC/C=C/CC/C=C/CC/C=C/C(O)C(COP(=O)(O)OCC[N+](C)(C)C)NC(=O)CCCCCCCCCCCCCCCCCCCCCCCCCCCCCCCCCCCCCCCCCC. The maximum Gasteiger partial charge on any atom is 0.472 e. The summed E-state index contributed by atoms with van der Waals surface area (Å²) in [5.41, 5.74) is 0. The third-order valence-electron chi connectivity index (χ3n) is 17.8. The van der Waals surface area contributed by atoms with Crippen LogP contribution in [0.3, 0.4) is 0 Å². The molecule has 86 heavy (non-hydrogen) atoms. The number of amides is 1. The van der Waals surface area contributed by atoms with Crippen LogP contribution >= 0.6 is 7.82 Å². The van der Waals surface area contributed by atoms with Crippen molar-refractivity contribution in [3.63, 3.8) is 0 Å². The molecular weight excluding hydrogens is 1080 g/mol. The average molecular weight is 1230 g/mol. The lowest BCUT2D eigenvalue weighted by molar-refractivity contribution is -0.870. The van der Waals surface area contributed by atoms with Crippen LogP contribution in [-0.2, 0) is 18.4 Å². The van der Waals surface area contributed by atoms with Gasteiger partial charge < -0.3 is 19.8 Å². The molecule has 510 valence electrons. The van der Waals surface area contributed by atoms with Gasteiger partial charge in [-0.05, 0) is 44.9 Å². The van der Waals surface area contributed by atoms with Crippen LogP contribution in [-0.4, -0.2) is 73.4 Å². The molecule has 1 amide bonds. The predicted octanol–water partition coefficient (Wildman–Crippen LogP) is 24.8. The first-order valence-electron chi connectivity index (χ1n) is 38.4. The first kappa shape index (κ1) is 84.7. The minimum Gasteiger partial charge on any atom is -0.387 e. The zero-order valence-electron chi connectivity index (χ0n) is 58.6. The Hall–Kier alpha value is -1.28. The van der Waals surface area contributed by atoms with Crippen molar-refractivity contribution in [3.8, 4) is 0 Å². The summed E-state index contributed by atoms with van der Waals surface area (Å²) >= 11 is 0. The fourth-order valence-electron chi connectivity index (χ4n) is 11.9. The maximum absolute atomic E-state index is 13.1. The minimum atomic E-state index is -4.37. The van der Waals surface area contributed by atoms with E-state index in [0.717, 1.165) is 44.9 Å². The number of aliphatic hydroxyl groups excluding tert-OH is 1. The molecule has 0 aromatic carbocycles. The van der Waals surface area contributed by atoms with Crippen molar-refractivity contribution in [2.24, 2.45) is 0 Å². The Morgan fingerprint density at radius 2 is 0.640 bits per heavy atom. The average Bonchev–Trinajstić information content (AvgIpc) is 3.70. The van der Waals surface area contributed by atoms with Crippen LogP contribution in [0.15, 0.2) is 36.5 Å². The van der Waals surface area contributed by atoms with E-state index in [4.69, 9.17) is 9.05 Å². The molecule has 0 aliphatic rings. The number of unbranched alkanes of at least 4 members (excludes halogenated alkanes) is 55. The smallest absolute Gasteiger partial charge is 0.387 e. The molecular formula is C77H152N2O6P+. The van der Waals surface area contributed by atoms with E-state index < -0.39 is 20.0 Å². The Kier molecular flexibility index (Phi) is 67.1. The largest absolute Gasteiger partial charge is 0.472 e. The van der Waals surface area contributed by atoms with Gasteiger partial charge in [0.2, 0.25) is 5.91 Å². The van der Waals surface area contributed by atoms with E-state index in [9.17, 15) is 19.4 Å². The fraction of sp³-hybridized carbons (Fsp3) is 0.909. The standard InChI is InChI=1S/C77H151N2O6P/c1-6-8-10-12-14-16-18-20-22-24-26-28-30-32-33-34-35-36-37-38-39-40-41-42-43-44-45-46-47-49-51-53-55-57-59-61-63-65-67-69-71-77(81)78-75(74-85-86(82,83)84-73-72-79(3,4)5)76(80)70-68-66-64-62-60-58-56-54-52-50-48-31-29-27-25-23-21-19-17-15-13-11-9-7-2/h52,54,60,62,68,70,75-76,80H,6-51,53,55-59,61,63-67,69,71-74H2,1-5H3,(H-,78,81,82,83)/p+1/b54-52+,62-60+,70-68+. The highest BCUT2D eigenvalue weighted by atomic mass is 31.2. The van der Waals surface area contributed by atoms with Gasteiger partial charge in [0.05, 0.1) is 39.9 Å². The molecule has 0 saturated carbocycles. The molecule has 0 aromatic rings. The summed E-state index contributed by atoms with van der Waals surface area (Å²) in [7, 11) is 1.56. The van der Waals surface area contributed by atoms with Gasteiger partial charge in [0.25, 0.3) is 0 Å². The molecule has 3 atom stereocenters. The summed E-state index contributed by atoms with van der Waals surface area (Å²) in [6.45, 7) is 4.85. The topological polar surface area (TPSA) is 105 Å². The molecule has 0 bridgehead atoms. The first-order chi connectivity index (χ1) is 42.0. The molecule has 0 aliphatic heterocycles. The number of carbonyl (C=O) groups excluding carboxylic acids is 1. The molecule has 0 heterocycles. The zero-order chi connectivity index (χ0) is 62.6. The number of quaternary nitrogens is 1. The van der Waals surface area contributed by atoms with Crippen LogP contribution in [0.5, 0.6) is 0 Å². The second-order valence-electron chi connectivity index (χ2n) is 27.7. The van der Waals surface area contributed by atoms with Gasteiger partial charge in [-0.25, -0.2) is 4.57 Å². The van der Waals surface area contributed by atoms with Gasteiger partial charge in [-0.3, -0.25) is 13.8 Å². The van der Waals surface area contributed by atoms with E-state index in [2.05, 4.69) is 43.5 Å². The Bertz CT molecular complexity index is 1500. The van der Waals surface area contributed by atoms with Crippen molar-refractivity contribution in [3.05, 3.63) is 36.5 Å². The maximum atomic E-state index is 13.1. The van der Waals surface area contributed by atoms with Crippen molar-refractivity contribution in [1.82, 2.24) is 5.32 Å². The van der Waals surface area contributed by atoms with Gasteiger partial charge in [-0.1, -0.05) is 384 Å². The van der Waals surface area contributed by atoms with Gasteiger partial charge in [-0.2, -0.15) is 0 Å². The number of aliphatic hydroxyl groups is 1. The van der Waals surface area contributed by atoms with Crippen LogP contribution < -0.4 is 5.32 Å². The summed E-state index contributed by atoms with van der Waals surface area (Å²) in [6.07, 6.45) is 92.0. The number of carbonyl (C=O) groups is 1. The number of rotatable bonds is 72. The molecule has 9 heteroatoms. The lowest BCUT2D eigenvalue weighted by atomic mass is 10.0. The van der Waals surface area contributed by atoms with Crippen LogP contribution in [0.1, 0.15) is 399 Å². The van der Waals surface area contributed by atoms with Crippen LogP contribution in [0.2, 0.25) is 0 Å². The summed E-state index contributed by atoms with van der Waals surface area (Å²) in [5.74, 6) is -0.182. The molecule has 0 saturated heterocycles. The Balaban J connectivity index is 3.94. The van der Waals surface area contributed by atoms with E-state index in [1.165, 1.54) is 334 Å². The van der Waals surface area contributed by atoms with E-state index in [1.807, 2.05) is 27.2 Å². The highest BCUT2D eigenvalue weighted by molar-refractivity contribution is 7.47. The lowest BCUT2D eigenvalue weighted by Gasteiger charge is -2.25. The molecule has 3 unspecified atom stereocenters. The summed E-state index contributed by atoms with van der Waals surface area (Å²) in [4.78, 5) is 23.4.